The summed E-state index contributed by atoms with van der Waals surface area (Å²) in [6, 6.07) is 12.2. The van der Waals surface area contributed by atoms with Gasteiger partial charge in [0, 0.05) is 5.69 Å². The smallest absolute Gasteiger partial charge is 0.253 e. The van der Waals surface area contributed by atoms with Crippen LogP contribution in [0.15, 0.2) is 42.5 Å². The highest BCUT2D eigenvalue weighted by Gasteiger charge is 2.25. The zero-order valence-electron chi connectivity index (χ0n) is 15.0. The molecule has 0 radical (unpaired) electrons. The summed E-state index contributed by atoms with van der Waals surface area (Å²) in [4.78, 5) is 25.3. The number of carbonyl (C=O) groups is 2. The molecule has 0 aromatic heterocycles. The van der Waals surface area contributed by atoms with E-state index in [4.69, 9.17) is 11.6 Å². The number of halogens is 1. The van der Waals surface area contributed by atoms with E-state index in [-0.39, 0.29) is 17.7 Å². The number of anilines is 1. The van der Waals surface area contributed by atoms with Crippen LogP contribution in [-0.4, -0.2) is 17.9 Å². The Labute approximate surface area is 158 Å². The number of amides is 2. The third-order valence-corrected chi connectivity index (χ3v) is 5.05. The summed E-state index contributed by atoms with van der Waals surface area (Å²) in [5.41, 5.74) is 3.79. The van der Waals surface area contributed by atoms with Gasteiger partial charge in [-0.1, -0.05) is 43.6 Å². The molecule has 1 aliphatic carbocycles. The number of fused-ring (bicyclic) bond motifs is 1. The molecule has 2 N–H and O–H groups in total. The van der Waals surface area contributed by atoms with Gasteiger partial charge in [0.1, 0.15) is 6.04 Å². The molecule has 1 aliphatic rings. The lowest BCUT2D eigenvalue weighted by Gasteiger charge is -2.22. The molecule has 0 unspecified atom stereocenters. The second-order valence-corrected chi connectivity index (χ2v) is 7.41. The summed E-state index contributed by atoms with van der Waals surface area (Å²) in [7, 11) is 0. The average molecular weight is 371 g/mol. The van der Waals surface area contributed by atoms with Gasteiger partial charge in [-0.3, -0.25) is 9.59 Å². The molecular formula is C21H23ClN2O2. The van der Waals surface area contributed by atoms with Gasteiger partial charge in [-0.05, 0) is 60.6 Å². The van der Waals surface area contributed by atoms with Crippen molar-refractivity contribution >= 4 is 29.1 Å². The predicted molar refractivity (Wildman–Crippen MR) is 105 cm³/mol. The maximum atomic E-state index is 12.7. The number of carbonyl (C=O) groups excluding carboxylic acids is 2. The first-order chi connectivity index (χ1) is 12.5. The van der Waals surface area contributed by atoms with E-state index in [9.17, 15) is 9.59 Å². The zero-order valence-corrected chi connectivity index (χ0v) is 15.8. The van der Waals surface area contributed by atoms with E-state index in [0.717, 1.165) is 24.9 Å². The maximum Gasteiger partial charge on any atom is 0.253 e. The summed E-state index contributed by atoms with van der Waals surface area (Å²) in [6.45, 7) is 3.81. The first-order valence-electron chi connectivity index (χ1n) is 8.94. The van der Waals surface area contributed by atoms with Crippen LogP contribution in [0, 0.1) is 5.92 Å². The summed E-state index contributed by atoms with van der Waals surface area (Å²) >= 11 is 6.08. The molecule has 4 nitrogen and oxygen atoms in total. The topological polar surface area (TPSA) is 58.2 Å². The Morgan fingerprint density at radius 1 is 1.04 bits per heavy atom. The van der Waals surface area contributed by atoms with Crippen LogP contribution in [0.3, 0.4) is 0 Å². The summed E-state index contributed by atoms with van der Waals surface area (Å²) in [5.74, 6) is -0.632. The van der Waals surface area contributed by atoms with Crippen molar-refractivity contribution in [2.75, 3.05) is 5.32 Å². The highest BCUT2D eigenvalue weighted by molar-refractivity contribution is 6.33. The highest BCUT2D eigenvalue weighted by Crippen LogP contribution is 2.25. The van der Waals surface area contributed by atoms with E-state index >= 15 is 0 Å². The standard InChI is InChI=1S/C21H23ClN2O2/c1-13(2)19(24-20(25)17-8-3-4-9-18(17)22)21(26)23-16-11-10-14-6-5-7-15(14)12-16/h3-4,8-13,19H,5-7H2,1-2H3,(H,23,26)(H,24,25)/t19-/m0/s1. The minimum absolute atomic E-state index is 0.0594. The maximum absolute atomic E-state index is 12.7. The zero-order chi connectivity index (χ0) is 18.7. The van der Waals surface area contributed by atoms with Crippen LogP contribution in [0.5, 0.6) is 0 Å². The molecule has 0 fully saturated rings. The molecular weight excluding hydrogens is 348 g/mol. The van der Waals surface area contributed by atoms with Gasteiger partial charge in [0.2, 0.25) is 5.91 Å². The molecule has 26 heavy (non-hydrogen) atoms. The summed E-state index contributed by atoms with van der Waals surface area (Å²) < 4.78 is 0. The fourth-order valence-corrected chi connectivity index (χ4v) is 3.49. The highest BCUT2D eigenvalue weighted by atomic mass is 35.5. The molecule has 0 spiro atoms. The van der Waals surface area contributed by atoms with Crippen molar-refractivity contribution in [1.29, 1.82) is 0 Å². The van der Waals surface area contributed by atoms with Gasteiger partial charge in [0.25, 0.3) is 5.91 Å². The van der Waals surface area contributed by atoms with Crippen LogP contribution in [0.25, 0.3) is 0 Å². The molecule has 0 aliphatic heterocycles. The Morgan fingerprint density at radius 3 is 2.50 bits per heavy atom. The van der Waals surface area contributed by atoms with Gasteiger partial charge in [-0.25, -0.2) is 0 Å². The Hall–Kier alpha value is -2.33. The first-order valence-corrected chi connectivity index (χ1v) is 9.31. The SMILES string of the molecule is CC(C)[C@H](NC(=O)c1ccccc1Cl)C(=O)Nc1ccc2c(c1)CCC2. The van der Waals surface area contributed by atoms with Crippen molar-refractivity contribution in [3.63, 3.8) is 0 Å². The van der Waals surface area contributed by atoms with E-state index in [1.165, 1.54) is 11.1 Å². The molecule has 2 aromatic rings. The third kappa shape index (κ3) is 4.07. The number of nitrogens with one attached hydrogen (secondary N) is 2. The average Bonchev–Trinajstić information content (AvgIpc) is 3.07. The molecule has 2 aromatic carbocycles. The number of aryl methyl sites for hydroxylation is 2. The van der Waals surface area contributed by atoms with Gasteiger partial charge in [0.05, 0.1) is 10.6 Å². The van der Waals surface area contributed by atoms with Crippen molar-refractivity contribution in [3.8, 4) is 0 Å². The second-order valence-electron chi connectivity index (χ2n) is 7.00. The van der Waals surface area contributed by atoms with Gasteiger partial charge in [0.15, 0.2) is 0 Å². The van der Waals surface area contributed by atoms with E-state index in [1.807, 2.05) is 26.0 Å². The largest absolute Gasteiger partial charge is 0.340 e. The van der Waals surface area contributed by atoms with Crippen LogP contribution in [0.4, 0.5) is 5.69 Å². The Balaban J connectivity index is 1.72. The van der Waals surface area contributed by atoms with Gasteiger partial charge >= 0.3 is 0 Å². The molecule has 0 bridgehead atoms. The Kier molecular flexibility index (Phi) is 5.62. The minimum Gasteiger partial charge on any atom is -0.340 e. The summed E-state index contributed by atoms with van der Waals surface area (Å²) in [5, 5.41) is 6.12. The third-order valence-electron chi connectivity index (χ3n) is 4.72. The van der Waals surface area contributed by atoms with E-state index < -0.39 is 6.04 Å². The van der Waals surface area contributed by atoms with Crippen molar-refractivity contribution in [3.05, 3.63) is 64.2 Å². The second kappa shape index (κ2) is 7.92. The summed E-state index contributed by atoms with van der Waals surface area (Å²) in [6.07, 6.45) is 3.32. The van der Waals surface area contributed by atoms with E-state index in [2.05, 4.69) is 16.7 Å². The number of hydrogen-bond acceptors (Lipinski definition) is 2. The number of rotatable bonds is 5. The molecule has 0 saturated heterocycles. The van der Waals surface area contributed by atoms with Crippen LogP contribution < -0.4 is 10.6 Å². The monoisotopic (exact) mass is 370 g/mol. The van der Waals surface area contributed by atoms with Crippen LogP contribution >= 0.6 is 11.6 Å². The van der Waals surface area contributed by atoms with Gasteiger partial charge in [-0.2, -0.15) is 0 Å². The van der Waals surface area contributed by atoms with Gasteiger partial charge in [-0.15, -0.1) is 0 Å². The number of hydrogen-bond donors (Lipinski definition) is 2. The van der Waals surface area contributed by atoms with Crippen LogP contribution in [0.1, 0.15) is 41.8 Å². The van der Waals surface area contributed by atoms with Crippen molar-refractivity contribution in [2.24, 2.45) is 5.92 Å². The van der Waals surface area contributed by atoms with E-state index in [0.29, 0.717) is 10.6 Å². The van der Waals surface area contributed by atoms with Crippen molar-refractivity contribution in [1.82, 2.24) is 5.32 Å². The molecule has 1 atom stereocenters. The quantitative estimate of drug-likeness (QED) is 0.827. The fraction of sp³-hybridized carbons (Fsp3) is 0.333. The van der Waals surface area contributed by atoms with Crippen molar-refractivity contribution in [2.45, 2.75) is 39.2 Å². The van der Waals surface area contributed by atoms with Gasteiger partial charge < -0.3 is 10.6 Å². The van der Waals surface area contributed by atoms with E-state index in [1.54, 1.807) is 24.3 Å². The molecule has 136 valence electrons. The van der Waals surface area contributed by atoms with Crippen molar-refractivity contribution < 1.29 is 9.59 Å². The van der Waals surface area contributed by atoms with Crippen LogP contribution in [-0.2, 0) is 17.6 Å². The Bertz CT molecular complexity index is 833. The molecule has 3 rings (SSSR count). The lowest BCUT2D eigenvalue weighted by molar-refractivity contribution is -0.118. The van der Waals surface area contributed by atoms with Crippen LogP contribution in [0.2, 0.25) is 5.02 Å². The molecule has 5 heteroatoms. The normalized spacial score (nSPS) is 14.0. The molecule has 2 amide bonds. The lowest BCUT2D eigenvalue weighted by atomic mass is 10.0. The fourth-order valence-electron chi connectivity index (χ4n) is 3.27. The minimum atomic E-state index is -0.646. The Morgan fingerprint density at radius 2 is 1.77 bits per heavy atom. The first kappa shape index (κ1) is 18.5. The molecule has 0 saturated carbocycles. The lowest BCUT2D eigenvalue weighted by Crippen LogP contribution is -2.47. The molecule has 0 heterocycles. The number of benzene rings is 2. The predicted octanol–water partition coefficient (Wildman–Crippen LogP) is 4.22.